The number of hydrogen-bond acceptors (Lipinski definition) is 5. The summed E-state index contributed by atoms with van der Waals surface area (Å²) < 4.78 is 7.03. The minimum absolute atomic E-state index is 0.00834. The number of ether oxygens (including phenoxy) is 1. The van der Waals surface area contributed by atoms with Crippen molar-refractivity contribution >= 4 is 5.91 Å². The maximum atomic E-state index is 12.1. The first-order valence-corrected chi connectivity index (χ1v) is 8.92. The zero-order valence-corrected chi connectivity index (χ0v) is 14.6. The van der Waals surface area contributed by atoms with Crippen molar-refractivity contribution < 1.29 is 9.53 Å². The van der Waals surface area contributed by atoms with Crippen molar-refractivity contribution in [3.05, 3.63) is 35.7 Å². The summed E-state index contributed by atoms with van der Waals surface area (Å²) in [5, 5.41) is 14.9. The van der Waals surface area contributed by atoms with E-state index in [-0.39, 0.29) is 5.91 Å². The monoisotopic (exact) mass is 343 g/mol. The van der Waals surface area contributed by atoms with Gasteiger partial charge in [0, 0.05) is 6.42 Å². The highest BCUT2D eigenvalue weighted by Crippen LogP contribution is 2.27. The molecular weight excluding hydrogens is 318 g/mol. The Labute approximate surface area is 147 Å². The van der Waals surface area contributed by atoms with Crippen LogP contribution < -0.4 is 10.1 Å². The normalized spacial score (nSPS) is 15.1. The Morgan fingerprint density at radius 2 is 2.00 bits per heavy atom. The summed E-state index contributed by atoms with van der Waals surface area (Å²) in [6, 6.07) is 8.15. The van der Waals surface area contributed by atoms with E-state index in [4.69, 9.17) is 4.74 Å². The number of aryl methyl sites for hydroxylation is 1. The lowest BCUT2D eigenvalue weighted by atomic mass is 9.95. The van der Waals surface area contributed by atoms with E-state index in [1.54, 1.807) is 7.11 Å². The predicted molar refractivity (Wildman–Crippen MR) is 93.1 cm³/mol. The molecule has 1 aromatic heterocycles. The molecule has 2 aromatic rings. The molecule has 1 heterocycles. The first-order chi connectivity index (χ1) is 12.3. The molecule has 7 heteroatoms. The number of benzene rings is 1. The van der Waals surface area contributed by atoms with Crippen molar-refractivity contribution in [2.24, 2.45) is 0 Å². The molecule has 0 radical (unpaired) electrons. The zero-order valence-electron chi connectivity index (χ0n) is 14.6. The van der Waals surface area contributed by atoms with E-state index < -0.39 is 0 Å². The third kappa shape index (κ3) is 4.78. The molecule has 7 nitrogen and oxygen atoms in total. The number of rotatable bonds is 7. The number of carbonyl (C=O) groups is 1. The van der Waals surface area contributed by atoms with E-state index in [0.717, 1.165) is 30.0 Å². The van der Waals surface area contributed by atoms with Crippen LogP contribution in [0.15, 0.2) is 24.3 Å². The van der Waals surface area contributed by atoms with Crippen molar-refractivity contribution in [1.29, 1.82) is 0 Å². The SMILES string of the molecule is COc1ccc(CCC(=O)NCc2nnnn2C2CCCCC2)cc1. The molecule has 0 spiro atoms. The van der Waals surface area contributed by atoms with Crippen LogP contribution in [0.3, 0.4) is 0 Å². The van der Waals surface area contributed by atoms with E-state index in [2.05, 4.69) is 20.8 Å². The van der Waals surface area contributed by atoms with Crippen LogP contribution in [0.25, 0.3) is 0 Å². The average Bonchev–Trinajstić information content (AvgIpc) is 3.14. The molecule has 0 bridgehead atoms. The summed E-state index contributed by atoms with van der Waals surface area (Å²) in [5.74, 6) is 1.57. The number of tetrazole rings is 1. The molecule has 1 fully saturated rings. The highest BCUT2D eigenvalue weighted by Gasteiger charge is 2.20. The molecule has 1 aliphatic carbocycles. The van der Waals surface area contributed by atoms with Crippen molar-refractivity contribution in [3.63, 3.8) is 0 Å². The molecule has 0 aliphatic heterocycles. The highest BCUT2D eigenvalue weighted by molar-refractivity contribution is 5.76. The lowest BCUT2D eigenvalue weighted by molar-refractivity contribution is -0.121. The minimum atomic E-state index is 0.00834. The topological polar surface area (TPSA) is 81.9 Å². The molecule has 0 atom stereocenters. The van der Waals surface area contributed by atoms with Gasteiger partial charge in [0.25, 0.3) is 0 Å². The molecule has 1 aromatic carbocycles. The maximum Gasteiger partial charge on any atom is 0.220 e. The van der Waals surface area contributed by atoms with Gasteiger partial charge in [-0.05, 0) is 47.4 Å². The van der Waals surface area contributed by atoms with Crippen LogP contribution in [-0.4, -0.2) is 33.2 Å². The van der Waals surface area contributed by atoms with Gasteiger partial charge in [-0.15, -0.1) is 5.10 Å². The summed E-state index contributed by atoms with van der Waals surface area (Å²) in [6.07, 6.45) is 7.10. The predicted octanol–water partition coefficient (Wildman–Crippen LogP) is 2.44. The number of methoxy groups -OCH3 is 1. The zero-order chi connectivity index (χ0) is 17.5. The van der Waals surface area contributed by atoms with Gasteiger partial charge >= 0.3 is 0 Å². The number of hydrogen-bond donors (Lipinski definition) is 1. The highest BCUT2D eigenvalue weighted by atomic mass is 16.5. The van der Waals surface area contributed by atoms with Gasteiger partial charge in [0.05, 0.1) is 19.7 Å². The number of amides is 1. The second-order valence-corrected chi connectivity index (χ2v) is 6.46. The molecule has 3 rings (SSSR count). The van der Waals surface area contributed by atoms with Gasteiger partial charge in [-0.1, -0.05) is 31.4 Å². The smallest absolute Gasteiger partial charge is 0.220 e. The van der Waals surface area contributed by atoms with E-state index >= 15 is 0 Å². The Kier molecular flexibility index (Phi) is 5.98. The maximum absolute atomic E-state index is 12.1. The van der Waals surface area contributed by atoms with Crippen molar-refractivity contribution in [2.75, 3.05) is 7.11 Å². The average molecular weight is 343 g/mol. The lowest BCUT2D eigenvalue weighted by Gasteiger charge is -2.22. The van der Waals surface area contributed by atoms with Crippen molar-refractivity contribution in [1.82, 2.24) is 25.5 Å². The van der Waals surface area contributed by atoms with Crippen LogP contribution in [-0.2, 0) is 17.8 Å². The van der Waals surface area contributed by atoms with E-state index in [1.807, 2.05) is 28.9 Å². The second-order valence-electron chi connectivity index (χ2n) is 6.46. The van der Waals surface area contributed by atoms with E-state index in [9.17, 15) is 4.79 Å². The van der Waals surface area contributed by atoms with Gasteiger partial charge in [-0.3, -0.25) is 4.79 Å². The summed E-state index contributed by atoms with van der Waals surface area (Å²) in [6.45, 7) is 0.380. The van der Waals surface area contributed by atoms with E-state index in [0.29, 0.717) is 25.4 Å². The first kappa shape index (κ1) is 17.4. The number of carbonyl (C=O) groups excluding carboxylic acids is 1. The van der Waals surface area contributed by atoms with Gasteiger partial charge in [0.2, 0.25) is 5.91 Å². The molecule has 1 saturated carbocycles. The van der Waals surface area contributed by atoms with Gasteiger partial charge in [0.1, 0.15) is 5.75 Å². The Bertz CT molecular complexity index is 677. The van der Waals surface area contributed by atoms with Crippen LogP contribution in [0.4, 0.5) is 0 Å². The fourth-order valence-electron chi connectivity index (χ4n) is 3.25. The standard InChI is InChI=1S/C18H25N5O2/c1-25-16-10-7-14(8-11-16)9-12-18(24)19-13-17-20-21-22-23(17)15-5-3-2-4-6-15/h7-8,10-11,15H,2-6,9,12-13H2,1H3,(H,19,24). The van der Waals surface area contributed by atoms with Crippen LogP contribution in [0.2, 0.25) is 0 Å². The summed E-state index contributed by atoms with van der Waals surface area (Å²) in [7, 11) is 1.64. The molecule has 0 unspecified atom stereocenters. The summed E-state index contributed by atoms with van der Waals surface area (Å²) in [5.41, 5.74) is 1.11. The molecule has 1 amide bonds. The molecule has 1 aliphatic rings. The first-order valence-electron chi connectivity index (χ1n) is 8.92. The lowest BCUT2D eigenvalue weighted by Crippen LogP contribution is -2.26. The van der Waals surface area contributed by atoms with Gasteiger partial charge in [-0.25, -0.2) is 4.68 Å². The van der Waals surface area contributed by atoms with Gasteiger partial charge in [-0.2, -0.15) is 0 Å². The second kappa shape index (κ2) is 8.60. The number of nitrogens with one attached hydrogen (secondary N) is 1. The molecule has 25 heavy (non-hydrogen) atoms. The Hall–Kier alpha value is -2.44. The fraction of sp³-hybridized carbons (Fsp3) is 0.556. The summed E-state index contributed by atoms with van der Waals surface area (Å²) >= 11 is 0. The number of nitrogens with zero attached hydrogens (tertiary/aromatic N) is 4. The molecule has 1 N–H and O–H groups in total. The summed E-state index contributed by atoms with van der Waals surface area (Å²) in [4.78, 5) is 12.1. The minimum Gasteiger partial charge on any atom is -0.497 e. The van der Waals surface area contributed by atoms with Crippen molar-refractivity contribution in [3.8, 4) is 5.75 Å². The molecule has 134 valence electrons. The van der Waals surface area contributed by atoms with Crippen LogP contribution in [0.1, 0.15) is 56.0 Å². The Morgan fingerprint density at radius 3 is 2.72 bits per heavy atom. The van der Waals surface area contributed by atoms with Gasteiger partial charge < -0.3 is 10.1 Å². The van der Waals surface area contributed by atoms with Crippen LogP contribution >= 0.6 is 0 Å². The third-order valence-corrected chi connectivity index (χ3v) is 4.73. The van der Waals surface area contributed by atoms with Crippen LogP contribution in [0.5, 0.6) is 5.75 Å². The Balaban J connectivity index is 1.46. The fourth-order valence-corrected chi connectivity index (χ4v) is 3.25. The Morgan fingerprint density at radius 1 is 1.24 bits per heavy atom. The molecular formula is C18H25N5O2. The van der Waals surface area contributed by atoms with Gasteiger partial charge in [0.15, 0.2) is 5.82 Å². The van der Waals surface area contributed by atoms with Crippen LogP contribution in [0, 0.1) is 0 Å². The van der Waals surface area contributed by atoms with Crippen molar-refractivity contribution in [2.45, 2.75) is 57.5 Å². The molecule has 0 saturated heterocycles. The quantitative estimate of drug-likeness (QED) is 0.835. The largest absolute Gasteiger partial charge is 0.497 e. The van der Waals surface area contributed by atoms with E-state index in [1.165, 1.54) is 19.3 Å². The number of aromatic nitrogens is 4. The third-order valence-electron chi connectivity index (χ3n) is 4.73.